The van der Waals surface area contributed by atoms with Gasteiger partial charge in [0, 0.05) is 18.8 Å². The van der Waals surface area contributed by atoms with Gasteiger partial charge in [0.1, 0.15) is 11.5 Å². The molecule has 1 heterocycles. The molecule has 4 heteroatoms. The molecule has 0 saturated carbocycles. The first kappa shape index (κ1) is 14.3. The van der Waals surface area contributed by atoms with Crippen LogP contribution in [0.15, 0.2) is 42.6 Å². The van der Waals surface area contributed by atoms with Crippen LogP contribution in [0.1, 0.15) is 19.4 Å². The van der Waals surface area contributed by atoms with Gasteiger partial charge in [-0.15, -0.1) is 0 Å². The van der Waals surface area contributed by atoms with Gasteiger partial charge in [0.25, 0.3) is 0 Å². The molecule has 0 atom stereocenters. The van der Waals surface area contributed by atoms with E-state index in [1.165, 1.54) is 0 Å². The Labute approximate surface area is 119 Å². The van der Waals surface area contributed by atoms with Gasteiger partial charge < -0.3 is 14.8 Å². The lowest BCUT2D eigenvalue weighted by molar-refractivity contribution is 0.339. The first-order valence-corrected chi connectivity index (χ1v) is 6.88. The van der Waals surface area contributed by atoms with Crippen molar-refractivity contribution in [1.82, 2.24) is 10.3 Å². The molecular formula is C16H20N2O2. The highest BCUT2D eigenvalue weighted by Crippen LogP contribution is 2.22. The SMILES string of the molecule is CCNCc1ccc(Oc2ccc(OCC)cc2)nc1. The zero-order valence-electron chi connectivity index (χ0n) is 11.9. The molecule has 0 fully saturated rings. The minimum atomic E-state index is 0.592. The number of hydrogen-bond acceptors (Lipinski definition) is 4. The molecule has 0 aliphatic rings. The van der Waals surface area contributed by atoms with E-state index in [1.54, 1.807) is 0 Å². The van der Waals surface area contributed by atoms with E-state index in [9.17, 15) is 0 Å². The summed E-state index contributed by atoms with van der Waals surface area (Å²) < 4.78 is 11.1. The predicted octanol–water partition coefficient (Wildman–Crippen LogP) is 3.38. The lowest BCUT2D eigenvalue weighted by Gasteiger charge is -2.07. The number of aromatic nitrogens is 1. The molecule has 106 valence electrons. The molecule has 2 aromatic rings. The molecule has 0 spiro atoms. The van der Waals surface area contributed by atoms with Gasteiger partial charge in [0.15, 0.2) is 0 Å². The van der Waals surface area contributed by atoms with Gasteiger partial charge in [0.05, 0.1) is 6.61 Å². The average molecular weight is 272 g/mol. The highest BCUT2D eigenvalue weighted by atomic mass is 16.5. The number of pyridine rings is 1. The minimum absolute atomic E-state index is 0.592. The second kappa shape index (κ2) is 7.50. The normalized spacial score (nSPS) is 10.3. The standard InChI is InChI=1S/C16H20N2O2/c1-3-17-11-13-5-10-16(18-12-13)20-15-8-6-14(7-9-15)19-4-2/h5-10,12,17H,3-4,11H2,1-2H3. The first-order valence-electron chi connectivity index (χ1n) is 6.88. The van der Waals surface area contributed by atoms with Crippen molar-refractivity contribution in [3.8, 4) is 17.4 Å². The van der Waals surface area contributed by atoms with Crippen molar-refractivity contribution in [3.63, 3.8) is 0 Å². The molecule has 1 N–H and O–H groups in total. The maximum absolute atomic E-state index is 5.68. The summed E-state index contributed by atoms with van der Waals surface area (Å²) in [6.45, 7) is 6.48. The zero-order valence-corrected chi connectivity index (χ0v) is 11.9. The lowest BCUT2D eigenvalue weighted by Crippen LogP contribution is -2.11. The molecule has 0 aliphatic carbocycles. The van der Waals surface area contributed by atoms with Crippen LogP contribution in [0.25, 0.3) is 0 Å². The fourth-order valence-corrected chi connectivity index (χ4v) is 1.74. The number of hydrogen-bond donors (Lipinski definition) is 1. The van der Waals surface area contributed by atoms with Crippen molar-refractivity contribution in [2.45, 2.75) is 20.4 Å². The summed E-state index contributed by atoms with van der Waals surface area (Å²) in [5, 5.41) is 3.26. The van der Waals surface area contributed by atoms with E-state index in [2.05, 4.69) is 17.2 Å². The van der Waals surface area contributed by atoms with E-state index >= 15 is 0 Å². The van der Waals surface area contributed by atoms with Crippen molar-refractivity contribution in [1.29, 1.82) is 0 Å². The molecule has 0 bridgehead atoms. The van der Waals surface area contributed by atoms with Crippen LogP contribution in [0.2, 0.25) is 0 Å². The number of nitrogens with zero attached hydrogens (tertiary/aromatic N) is 1. The minimum Gasteiger partial charge on any atom is -0.494 e. The second-order valence-corrected chi connectivity index (χ2v) is 4.29. The molecule has 2 rings (SSSR count). The van der Waals surface area contributed by atoms with Crippen molar-refractivity contribution < 1.29 is 9.47 Å². The molecule has 1 aromatic carbocycles. The number of benzene rings is 1. The van der Waals surface area contributed by atoms with Crippen LogP contribution in [0.5, 0.6) is 17.4 Å². The van der Waals surface area contributed by atoms with Gasteiger partial charge in [-0.2, -0.15) is 0 Å². The van der Waals surface area contributed by atoms with E-state index in [-0.39, 0.29) is 0 Å². The van der Waals surface area contributed by atoms with E-state index in [0.717, 1.165) is 30.2 Å². The summed E-state index contributed by atoms with van der Waals surface area (Å²) in [7, 11) is 0. The third-order valence-corrected chi connectivity index (χ3v) is 2.73. The van der Waals surface area contributed by atoms with E-state index in [4.69, 9.17) is 9.47 Å². The highest BCUT2D eigenvalue weighted by Gasteiger charge is 2.00. The molecule has 0 unspecified atom stereocenters. The van der Waals surface area contributed by atoms with Crippen LogP contribution in [-0.4, -0.2) is 18.1 Å². The van der Waals surface area contributed by atoms with Gasteiger partial charge in [-0.05, 0) is 43.3 Å². The molecule has 1 aromatic heterocycles. The highest BCUT2D eigenvalue weighted by molar-refractivity contribution is 5.33. The van der Waals surface area contributed by atoms with Gasteiger partial charge in [-0.25, -0.2) is 4.98 Å². The quantitative estimate of drug-likeness (QED) is 0.839. The van der Waals surface area contributed by atoms with Crippen molar-refractivity contribution in [2.24, 2.45) is 0 Å². The smallest absolute Gasteiger partial charge is 0.219 e. The molecule has 0 saturated heterocycles. The van der Waals surface area contributed by atoms with Crippen LogP contribution in [0, 0.1) is 0 Å². The summed E-state index contributed by atoms with van der Waals surface area (Å²) in [4.78, 5) is 4.29. The Morgan fingerprint density at radius 1 is 1.00 bits per heavy atom. The van der Waals surface area contributed by atoms with Gasteiger partial charge in [-0.1, -0.05) is 13.0 Å². The van der Waals surface area contributed by atoms with E-state index < -0.39 is 0 Å². The van der Waals surface area contributed by atoms with Crippen molar-refractivity contribution >= 4 is 0 Å². The number of ether oxygens (including phenoxy) is 2. The summed E-state index contributed by atoms with van der Waals surface area (Å²) in [6.07, 6.45) is 1.83. The summed E-state index contributed by atoms with van der Waals surface area (Å²) >= 11 is 0. The van der Waals surface area contributed by atoms with Crippen LogP contribution in [0.3, 0.4) is 0 Å². The van der Waals surface area contributed by atoms with Crippen LogP contribution < -0.4 is 14.8 Å². The Hall–Kier alpha value is -2.07. The van der Waals surface area contributed by atoms with Crippen LogP contribution in [-0.2, 0) is 6.54 Å². The first-order chi connectivity index (χ1) is 9.81. The molecule has 0 aliphatic heterocycles. The lowest BCUT2D eigenvalue weighted by atomic mass is 10.3. The monoisotopic (exact) mass is 272 g/mol. The summed E-state index contributed by atoms with van der Waals surface area (Å²) in [5.74, 6) is 2.18. The molecule has 0 amide bonds. The Kier molecular flexibility index (Phi) is 5.38. The largest absolute Gasteiger partial charge is 0.494 e. The zero-order chi connectivity index (χ0) is 14.2. The third-order valence-electron chi connectivity index (χ3n) is 2.73. The maximum atomic E-state index is 5.68. The Balaban J connectivity index is 1.95. The van der Waals surface area contributed by atoms with Gasteiger partial charge >= 0.3 is 0 Å². The van der Waals surface area contributed by atoms with E-state index in [1.807, 2.05) is 49.5 Å². The van der Waals surface area contributed by atoms with E-state index in [0.29, 0.717) is 12.5 Å². The molecular weight excluding hydrogens is 252 g/mol. The summed E-state index contributed by atoms with van der Waals surface area (Å²) in [6, 6.07) is 11.4. The Morgan fingerprint density at radius 3 is 2.35 bits per heavy atom. The second-order valence-electron chi connectivity index (χ2n) is 4.29. The van der Waals surface area contributed by atoms with Crippen molar-refractivity contribution in [2.75, 3.05) is 13.2 Å². The Morgan fingerprint density at radius 2 is 1.75 bits per heavy atom. The maximum Gasteiger partial charge on any atom is 0.219 e. The van der Waals surface area contributed by atoms with Gasteiger partial charge in [-0.3, -0.25) is 0 Å². The van der Waals surface area contributed by atoms with Crippen molar-refractivity contribution in [3.05, 3.63) is 48.2 Å². The number of nitrogens with one attached hydrogen (secondary N) is 1. The number of rotatable bonds is 7. The summed E-state index contributed by atoms with van der Waals surface area (Å²) in [5.41, 5.74) is 1.14. The molecule has 20 heavy (non-hydrogen) atoms. The molecule has 4 nitrogen and oxygen atoms in total. The fraction of sp³-hybridized carbons (Fsp3) is 0.312. The fourth-order valence-electron chi connectivity index (χ4n) is 1.74. The predicted molar refractivity (Wildman–Crippen MR) is 79.3 cm³/mol. The molecule has 0 radical (unpaired) electrons. The Bertz CT molecular complexity index is 509. The third kappa shape index (κ3) is 4.24. The van der Waals surface area contributed by atoms with Crippen LogP contribution >= 0.6 is 0 Å². The van der Waals surface area contributed by atoms with Crippen LogP contribution in [0.4, 0.5) is 0 Å². The topological polar surface area (TPSA) is 43.4 Å². The van der Waals surface area contributed by atoms with Gasteiger partial charge in [0.2, 0.25) is 5.88 Å². The average Bonchev–Trinajstić information content (AvgIpc) is 2.49.